The van der Waals surface area contributed by atoms with Gasteiger partial charge in [0, 0.05) is 19.5 Å². The molecule has 0 radical (unpaired) electrons. The molecule has 1 aromatic rings. The second kappa shape index (κ2) is 6.36. The first-order chi connectivity index (χ1) is 11.2. The van der Waals surface area contributed by atoms with E-state index in [1.807, 2.05) is 4.68 Å². The number of nitrogens with zero attached hydrogens (tertiary/aromatic N) is 5. The standard InChI is InChI=1S/C16H27N5O2/c1-13-10-16(12-22-13)7-6-14(23-16)11-21-15(17-18-19-21)20-8-4-2-3-5-9-20/h13-14H,2-12H2,1H3. The lowest BCUT2D eigenvalue weighted by Crippen LogP contribution is -2.32. The Morgan fingerprint density at radius 1 is 1.22 bits per heavy atom. The van der Waals surface area contributed by atoms with E-state index < -0.39 is 0 Å². The summed E-state index contributed by atoms with van der Waals surface area (Å²) >= 11 is 0. The highest BCUT2D eigenvalue weighted by Gasteiger charge is 2.46. The third-order valence-corrected chi connectivity index (χ3v) is 5.41. The lowest BCUT2D eigenvalue weighted by atomic mass is 9.97. The number of hydrogen-bond acceptors (Lipinski definition) is 6. The Balaban J connectivity index is 1.41. The molecule has 3 fully saturated rings. The van der Waals surface area contributed by atoms with Crippen molar-refractivity contribution in [3.63, 3.8) is 0 Å². The van der Waals surface area contributed by atoms with Crippen molar-refractivity contribution in [1.29, 1.82) is 0 Å². The Hall–Kier alpha value is -1.21. The fourth-order valence-electron chi connectivity index (χ4n) is 4.22. The van der Waals surface area contributed by atoms with Crippen molar-refractivity contribution >= 4 is 5.95 Å². The van der Waals surface area contributed by atoms with Gasteiger partial charge in [-0.15, -0.1) is 0 Å². The van der Waals surface area contributed by atoms with E-state index in [1.165, 1.54) is 25.7 Å². The molecule has 3 aliphatic heterocycles. The molecule has 0 aliphatic carbocycles. The average molecular weight is 321 g/mol. The fourth-order valence-corrected chi connectivity index (χ4v) is 4.22. The highest BCUT2D eigenvalue weighted by atomic mass is 16.6. The van der Waals surface area contributed by atoms with Gasteiger partial charge in [0.05, 0.1) is 31.0 Å². The number of tetrazole rings is 1. The molecular formula is C16H27N5O2. The Kier molecular flexibility index (Phi) is 4.24. The van der Waals surface area contributed by atoms with Crippen LogP contribution in [0, 0.1) is 0 Å². The maximum absolute atomic E-state index is 6.36. The lowest BCUT2D eigenvalue weighted by molar-refractivity contribution is -0.0508. The molecule has 3 atom stereocenters. The van der Waals surface area contributed by atoms with Crippen LogP contribution < -0.4 is 4.90 Å². The smallest absolute Gasteiger partial charge is 0.245 e. The topological polar surface area (TPSA) is 65.3 Å². The van der Waals surface area contributed by atoms with E-state index in [0.717, 1.165) is 51.5 Å². The van der Waals surface area contributed by atoms with Crippen LogP contribution >= 0.6 is 0 Å². The van der Waals surface area contributed by atoms with Gasteiger partial charge in [-0.2, -0.15) is 0 Å². The largest absolute Gasteiger partial charge is 0.375 e. The van der Waals surface area contributed by atoms with Gasteiger partial charge in [0.25, 0.3) is 0 Å². The monoisotopic (exact) mass is 321 g/mol. The van der Waals surface area contributed by atoms with Gasteiger partial charge in [0.1, 0.15) is 0 Å². The first kappa shape index (κ1) is 15.3. The number of aromatic nitrogens is 4. The summed E-state index contributed by atoms with van der Waals surface area (Å²) in [6, 6.07) is 0. The lowest BCUT2D eigenvalue weighted by Gasteiger charge is -2.24. The van der Waals surface area contributed by atoms with Crippen LogP contribution in [0.25, 0.3) is 0 Å². The summed E-state index contributed by atoms with van der Waals surface area (Å²) in [5.41, 5.74) is -0.0547. The summed E-state index contributed by atoms with van der Waals surface area (Å²) in [5.74, 6) is 0.910. The normalized spacial score (nSPS) is 35.1. The second-order valence-electron chi connectivity index (χ2n) is 7.35. The fraction of sp³-hybridized carbons (Fsp3) is 0.938. The number of rotatable bonds is 3. The van der Waals surface area contributed by atoms with Gasteiger partial charge in [-0.25, -0.2) is 4.68 Å². The molecule has 0 N–H and O–H groups in total. The van der Waals surface area contributed by atoms with Crippen LogP contribution in [-0.2, 0) is 16.0 Å². The van der Waals surface area contributed by atoms with E-state index in [4.69, 9.17) is 9.47 Å². The molecule has 0 bridgehead atoms. The molecule has 7 nitrogen and oxygen atoms in total. The zero-order chi connectivity index (χ0) is 15.7. The van der Waals surface area contributed by atoms with Crippen LogP contribution in [0.2, 0.25) is 0 Å². The molecule has 23 heavy (non-hydrogen) atoms. The maximum Gasteiger partial charge on any atom is 0.245 e. The van der Waals surface area contributed by atoms with Gasteiger partial charge in [-0.05, 0) is 43.0 Å². The number of hydrogen-bond donors (Lipinski definition) is 0. The Labute approximate surface area is 137 Å². The van der Waals surface area contributed by atoms with Crippen molar-refractivity contribution in [2.24, 2.45) is 0 Å². The average Bonchev–Trinajstić information content (AvgIpc) is 3.18. The van der Waals surface area contributed by atoms with Gasteiger partial charge in [-0.1, -0.05) is 17.9 Å². The first-order valence-electron chi connectivity index (χ1n) is 9.05. The van der Waals surface area contributed by atoms with Gasteiger partial charge in [0.15, 0.2) is 0 Å². The van der Waals surface area contributed by atoms with E-state index in [-0.39, 0.29) is 11.7 Å². The number of ether oxygens (including phenoxy) is 2. The zero-order valence-corrected chi connectivity index (χ0v) is 14.0. The Bertz CT molecular complexity index is 528. The molecule has 0 saturated carbocycles. The van der Waals surface area contributed by atoms with Crippen LogP contribution in [0.4, 0.5) is 5.95 Å². The third-order valence-electron chi connectivity index (χ3n) is 5.41. The van der Waals surface area contributed by atoms with Crippen molar-refractivity contribution in [2.75, 3.05) is 24.6 Å². The summed E-state index contributed by atoms with van der Waals surface area (Å²) in [6.45, 7) is 5.72. The number of anilines is 1. The summed E-state index contributed by atoms with van der Waals surface area (Å²) in [7, 11) is 0. The molecule has 1 spiro atoms. The van der Waals surface area contributed by atoms with E-state index in [2.05, 4.69) is 27.3 Å². The Morgan fingerprint density at radius 3 is 2.78 bits per heavy atom. The first-order valence-corrected chi connectivity index (χ1v) is 9.05. The molecule has 7 heteroatoms. The van der Waals surface area contributed by atoms with Crippen LogP contribution in [0.1, 0.15) is 51.9 Å². The minimum Gasteiger partial charge on any atom is -0.375 e. The summed E-state index contributed by atoms with van der Waals surface area (Å²) in [5, 5.41) is 12.4. The van der Waals surface area contributed by atoms with Gasteiger partial charge in [0.2, 0.25) is 5.95 Å². The summed E-state index contributed by atoms with van der Waals surface area (Å²) in [4.78, 5) is 2.33. The van der Waals surface area contributed by atoms with Crippen LogP contribution in [-0.4, -0.2) is 57.7 Å². The quantitative estimate of drug-likeness (QED) is 0.845. The van der Waals surface area contributed by atoms with E-state index in [0.29, 0.717) is 6.10 Å². The molecule has 0 aromatic carbocycles. The highest BCUT2D eigenvalue weighted by molar-refractivity contribution is 5.28. The van der Waals surface area contributed by atoms with E-state index in [1.54, 1.807) is 0 Å². The predicted molar refractivity (Wildman–Crippen MR) is 85.4 cm³/mol. The van der Waals surface area contributed by atoms with Crippen molar-refractivity contribution < 1.29 is 9.47 Å². The molecule has 3 unspecified atom stereocenters. The van der Waals surface area contributed by atoms with Crippen LogP contribution in [0.15, 0.2) is 0 Å². The SMILES string of the molecule is CC1CC2(CCC(Cn3nnnc3N3CCCCCC3)O2)CO1. The molecule has 4 rings (SSSR count). The maximum atomic E-state index is 6.36. The third kappa shape index (κ3) is 3.21. The molecule has 128 valence electrons. The second-order valence-corrected chi connectivity index (χ2v) is 7.35. The van der Waals surface area contributed by atoms with Gasteiger partial charge < -0.3 is 14.4 Å². The highest BCUT2D eigenvalue weighted by Crippen LogP contribution is 2.40. The predicted octanol–water partition coefficient (Wildman–Crippen LogP) is 1.78. The molecular weight excluding hydrogens is 294 g/mol. The van der Waals surface area contributed by atoms with Crippen molar-refractivity contribution in [3.05, 3.63) is 0 Å². The van der Waals surface area contributed by atoms with Gasteiger partial charge >= 0.3 is 0 Å². The van der Waals surface area contributed by atoms with Crippen molar-refractivity contribution in [2.45, 2.75) is 76.2 Å². The minimum absolute atomic E-state index is 0.0547. The summed E-state index contributed by atoms with van der Waals surface area (Å²) < 4.78 is 14.0. The molecule has 1 aromatic heterocycles. The van der Waals surface area contributed by atoms with E-state index in [9.17, 15) is 0 Å². The zero-order valence-electron chi connectivity index (χ0n) is 14.0. The van der Waals surface area contributed by atoms with Crippen LogP contribution in [0.3, 0.4) is 0 Å². The molecule has 3 saturated heterocycles. The van der Waals surface area contributed by atoms with Crippen molar-refractivity contribution in [3.8, 4) is 0 Å². The molecule has 3 aliphatic rings. The minimum atomic E-state index is -0.0547. The molecule has 4 heterocycles. The van der Waals surface area contributed by atoms with Gasteiger partial charge in [-0.3, -0.25) is 0 Å². The molecule has 0 amide bonds. The van der Waals surface area contributed by atoms with Crippen molar-refractivity contribution in [1.82, 2.24) is 20.2 Å². The summed E-state index contributed by atoms with van der Waals surface area (Å²) in [6.07, 6.45) is 8.75. The van der Waals surface area contributed by atoms with E-state index >= 15 is 0 Å². The Morgan fingerprint density at radius 2 is 2.04 bits per heavy atom. The van der Waals surface area contributed by atoms with Crippen LogP contribution in [0.5, 0.6) is 0 Å².